The lowest BCUT2D eigenvalue weighted by Gasteiger charge is -2.23. The highest BCUT2D eigenvalue weighted by Gasteiger charge is 2.28. The molecule has 8 heteroatoms. The van der Waals surface area contributed by atoms with Gasteiger partial charge in [0.05, 0.1) is 25.7 Å². The van der Waals surface area contributed by atoms with Crippen molar-refractivity contribution in [3.8, 4) is 11.5 Å². The minimum atomic E-state index is -3.98. The first kappa shape index (κ1) is 27.2. The van der Waals surface area contributed by atoms with Crippen molar-refractivity contribution in [3.63, 3.8) is 0 Å². The molecule has 0 saturated carbocycles. The van der Waals surface area contributed by atoms with Crippen LogP contribution in [0.4, 0.5) is 0 Å². The Balaban J connectivity index is 1.74. The highest BCUT2D eigenvalue weighted by Crippen LogP contribution is 2.30. The van der Waals surface area contributed by atoms with Crippen LogP contribution in [0.1, 0.15) is 24.5 Å². The van der Waals surface area contributed by atoms with Crippen LogP contribution in [0.2, 0.25) is 0 Å². The first-order chi connectivity index (χ1) is 17.3. The van der Waals surface area contributed by atoms with Crippen LogP contribution >= 0.6 is 0 Å². The third-order valence-corrected chi connectivity index (χ3v) is 7.76. The average molecular weight is 511 g/mol. The van der Waals surface area contributed by atoms with Gasteiger partial charge in [-0.1, -0.05) is 60.7 Å². The number of sulfonamides is 1. The van der Waals surface area contributed by atoms with E-state index in [1.165, 1.54) is 36.2 Å². The van der Waals surface area contributed by atoms with Crippen LogP contribution in [0.3, 0.4) is 0 Å². The summed E-state index contributed by atoms with van der Waals surface area (Å²) in [6, 6.07) is 24.0. The van der Waals surface area contributed by atoms with E-state index in [1.54, 1.807) is 6.07 Å². The number of carbonyl (C=O) groups is 1. The Bertz CT molecular complexity index is 1220. The minimum Gasteiger partial charge on any atom is -0.493 e. The van der Waals surface area contributed by atoms with Crippen molar-refractivity contribution in [1.82, 2.24) is 9.62 Å². The fraction of sp³-hybridized carbons (Fsp3) is 0.321. The van der Waals surface area contributed by atoms with E-state index in [4.69, 9.17) is 9.47 Å². The zero-order valence-electron chi connectivity index (χ0n) is 21.0. The maximum absolute atomic E-state index is 13.6. The van der Waals surface area contributed by atoms with E-state index in [2.05, 4.69) is 17.4 Å². The lowest BCUT2D eigenvalue weighted by molar-refractivity contribution is -0.121. The van der Waals surface area contributed by atoms with Crippen LogP contribution in [0.5, 0.6) is 11.5 Å². The summed E-state index contributed by atoms with van der Waals surface area (Å²) in [7, 11) is -1.04. The zero-order chi connectivity index (χ0) is 26.0. The van der Waals surface area contributed by atoms with Crippen molar-refractivity contribution in [2.75, 3.05) is 27.3 Å². The van der Waals surface area contributed by atoms with Gasteiger partial charge in [-0.25, -0.2) is 8.42 Å². The van der Waals surface area contributed by atoms with Gasteiger partial charge in [0.1, 0.15) is 0 Å². The number of ether oxygens (including phenoxy) is 2. The van der Waals surface area contributed by atoms with Crippen LogP contribution in [0.15, 0.2) is 83.8 Å². The van der Waals surface area contributed by atoms with Crippen molar-refractivity contribution in [2.45, 2.75) is 37.1 Å². The van der Waals surface area contributed by atoms with Gasteiger partial charge in [-0.05, 0) is 49.4 Å². The number of rotatable bonds is 13. The third-order valence-electron chi connectivity index (χ3n) is 5.92. The second-order valence-electron chi connectivity index (χ2n) is 8.58. The number of amides is 1. The molecule has 0 aromatic heterocycles. The van der Waals surface area contributed by atoms with Gasteiger partial charge in [0.2, 0.25) is 15.9 Å². The van der Waals surface area contributed by atoms with Gasteiger partial charge in [-0.2, -0.15) is 4.31 Å². The number of carbonyl (C=O) groups excluding carboxylic acids is 1. The van der Waals surface area contributed by atoms with Crippen LogP contribution in [-0.4, -0.2) is 52.0 Å². The normalized spacial score (nSPS) is 12.2. The van der Waals surface area contributed by atoms with Crippen LogP contribution < -0.4 is 14.8 Å². The highest BCUT2D eigenvalue weighted by atomic mass is 32.2. The lowest BCUT2D eigenvalue weighted by atomic mass is 10.1. The average Bonchev–Trinajstić information content (AvgIpc) is 2.90. The summed E-state index contributed by atoms with van der Waals surface area (Å²) in [5.74, 6) is 0.394. The summed E-state index contributed by atoms with van der Waals surface area (Å²) in [5.41, 5.74) is 2.18. The number of nitrogens with one attached hydrogen (secondary N) is 1. The molecule has 1 amide bonds. The number of hydrogen-bond acceptors (Lipinski definition) is 5. The molecule has 0 unspecified atom stereocenters. The molecule has 1 N–H and O–H groups in total. The number of aryl methyl sites for hydroxylation is 1. The monoisotopic (exact) mass is 510 g/mol. The van der Waals surface area contributed by atoms with Gasteiger partial charge in [-0.3, -0.25) is 4.79 Å². The molecule has 7 nitrogen and oxygen atoms in total. The topological polar surface area (TPSA) is 84.9 Å². The Morgan fingerprint density at radius 3 is 2.03 bits per heavy atom. The minimum absolute atomic E-state index is 0.0399. The van der Waals surface area contributed by atoms with Gasteiger partial charge in [0.15, 0.2) is 11.5 Å². The second-order valence-corrected chi connectivity index (χ2v) is 10.5. The Morgan fingerprint density at radius 2 is 1.44 bits per heavy atom. The molecule has 0 aliphatic heterocycles. The van der Waals surface area contributed by atoms with Crippen molar-refractivity contribution < 1.29 is 22.7 Å². The second kappa shape index (κ2) is 13.1. The van der Waals surface area contributed by atoms with Gasteiger partial charge >= 0.3 is 0 Å². The van der Waals surface area contributed by atoms with E-state index >= 15 is 0 Å². The Morgan fingerprint density at radius 1 is 0.861 bits per heavy atom. The Hall–Kier alpha value is -3.36. The van der Waals surface area contributed by atoms with Crippen molar-refractivity contribution in [1.29, 1.82) is 0 Å². The molecule has 0 bridgehead atoms. The maximum Gasteiger partial charge on any atom is 0.243 e. The summed E-state index contributed by atoms with van der Waals surface area (Å²) in [5, 5.41) is 2.95. The SMILES string of the molecule is COc1ccc(S(=O)(=O)N(CCc2ccccc2)CC(=O)N[C@H](C)CCc2ccccc2)cc1OC. The lowest BCUT2D eigenvalue weighted by Crippen LogP contribution is -2.44. The third kappa shape index (κ3) is 7.57. The molecule has 3 aromatic rings. The summed E-state index contributed by atoms with van der Waals surface area (Å²) in [4.78, 5) is 13.0. The largest absolute Gasteiger partial charge is 0.493 e. The molecule has 36 heavy (non-hydrogen) atoms. The smallest absolute Gasteiger partial charge is 0.243 e. The van der Waals surface area contributed by atoms with E-state index in [0.29, 0.717) is 17.9 Å². The predicted molar refractivity (Wildman–Crippen MR) is 141 cm³/mol. The van der Waals surface area contributed by atoms with E-state index < -0.39 is 10.0 Å². The van der Waals surface area contributed by atoms with E-state index in [1.807, 2.05) is 55.5 Å². The van der Waals surface area contributed by atoms with Crippen molar-refractivity contribution >= 4 is 15.9 Å². The van der Waals surface area contributed by atoms with Crippen LogP contribution in [-0.2, 0) is 27.7 Å². The number of methoxy groups -OCH3 is 2. The number of nitrogens with zero attached hydrogens (tertiary/aromatic N) is 1. The number of benzene rings is 3. The van der Waals surface area contributed by atoms with Gasteiger partial charge in [0.25, 0.3) is 0 Å². The predicted octanol–water partition coefficient (Wildman–Crippen LogP) is 4.07. The summed E-state index contributed by atoms with van der Waals surface area (Å²) >= 11 is 0. The molecule has 0 fully saturated rings. The Kier molecular flexibility index (Phi) is 9.90. The molecule has 3 rings (SSSR count). The first-order valence-corrected chi connectivity index (χ1v) is 13.4. The molecule has 192 valence electrons. The van der Waals surface area contributed by atoms with Crippen LogP contribution in [0.25, 0.3) is 0 Å². The highest BCUT2D eigenvalue weighted by molar-refractivity contribution is 7.89. The molecule has 0 heterocycles. The fourth-order valence-corrected chi connectivity index (χ4v) is 5.30. The van der Waals surface area contributed by atoms with Gasteiger partial charge in [-0.15, -0.1) is 0 Å². The van der Waals surface area contributed by atoms with Crippen molar-refractivity contribution in [3.05, 3.63) is 90.0 Å². The summed E-state index contributed by atoms with van der Waals surface area (Å²) < 4.78 is 39.0. The first-order valence-electron chi connectivity index (χ1n) is 11.9. The summed E-state index contributed by atoms with van der Waals surface area (Å²) in [6.45, 7) is 1.81. The molecule has 0 aliphatic carbocycles. The van der Waals surface area contributed by atoms with Gasteiger partial charge in [0, 0.05) is 18.7 Å². The fourth-order valence-electron chi connectivity index (χ4n) is 3.89. The van der Waals surface area contributed by atoms with E-state index in [0.717, 1.165) is 18.4 Å². The molecule has 0 saturated heterocycles. The molecular weight excluding hydrogens is 476 g/mol. The zero-order valence-corrected chi connectivity index (χ0v) is 21.8. The molecule has 0 aliphatic rings. The van der Waals surface area contributed by atoms with E-state index in [9.17, 15) is 13.2 Å². The van der Waals surface area contributed by atoms with Crippen LogP contribution in [0, 0.1) is 0 Å². The molecular formula is C28H34N2O5S. The standard InChI is InChI=1S/C28H34N2O5S/c1-22(14-15-23-10-6-4-7-11-23)29-28(31)21-30(19-18-24-12-8-5-9-13-24)36(32,33)25-16-17-26(34-2)27(20-25)35-3/h4-13,16-17,20,22H,14-15,18-19,21H2,1-3H3,(H,29,31)/t22-/m1/s1. The Labute approximate surface area is 214 Å². The van der Waals surface area contributed by atoms with Crippen molar-refractivity contribution in [2.24, 2.45) is 0 Å². The molecule has 0 spiro atoms. The van der Waals surface area contributed by atoms with Gasteiger partial charge < -0.3 is 14.8 Å². The summed E-state index contributed by atoms with van der Waals surface area (Å²) in [6.07, 6.45) is 2.05. The van der Waals surface area contributed by atoms with E-state index in [-0.39, 0.29) is 29.9 Å². The molecule has 1 atom stereocenters. The maximum atomic E-state index is 13.6. The molecule has 0 radical (unpaired) electrons. The number of hydrogen-bond donors (Lipinski definition) is 1. The quantitative estimate of drug-likeness (QED) is 0.375. The molecule has 3 aromatic carbocycles.